The predicted octanol–water partition coefficient (Wildman–Crippen LogP) is 1.96. The summed E-state index contributed by atoms with van der Waals surface area (Å²) in [6.45, 7) is 1.95. The number of pyridine rings is 1. The highest BCUT2D eigenvalue weighted by molar-refractivity contribution is 5.74. The summed E-state index contributed by atoms with van der Waals surface area (Å²) in [6.07, 6.45) is 5.34. The first-order valence-electron chi connectivity index (χ1n) is 7.12. The van der Waals surface area contributed by atoms with Gasteiger partial charge in [-0.1, -0.05) is 6.07 Å². The number of hydrogen-bond acceptors (Lipinski definition) is 3. The maximum Gasteiger partial charge on any atom is 0.317 e. The second kappa shape index (κ2) is 7.49. The Hall–Kier alpha value is -2.09. The van der Waals surface area contributed by atoms with Gasteiger partial charge in [-0.25, -0.2) is 4.79 Å². The van der Waals surface area contributed by atoms with Gasteiger partial charge in [-0.15, -0.1) is 0 Å². The molecule has 1 saturated heterocycles. The summed E-state index contributed by atoms with van der Waals surface area (Å²) in [5.74, 6) is -0.0111. The van der Waals surface area contributed by atoms with Crippen LogP contribution in [0.1, 0.15) is 25.0 Å². The number of carbonyl (C=O) groups excluding carboxylic acids is 1. The lowest BCUT2D eigenvalue weighted by Gasteiger charge is -2.29. The van der Waals surface area contributed by atoms with Gasteiger partial charge in [0.2, 0.25) is 0 Å². The van der Waals surface area contributed by atoms with Crippen LogP contribution >= 0.6 is 0 Å². The third-order valence-corrected chi connectivity index (χ3v) is 3.50. The van der Waals surface area contributed by atoms with E-state index in [2.05, 4.69) is 16.4 Å². The molecule has 1 fully saturated rings. The van der Waals surface area contributed by atoms with Crippen molar-refractivity contribution in [2.45, 2.75) is 25.7 Å². The molecule has 0 aliphatic carbocycles. The summed E-state index contributed by atoms with van der Waals surface area (Å²) in [5.41, 5.74) is 1.05. The summed E-state index contributed by atoms with van der Waals surface area (Å²) < 4.78 is 0. The Morgan fingerprint density at radius 3 is 3.20 bits per heavy atom. The Morgan fingerprint density at radius 1 is 1.55 bits per heavy atom. The number of nitriles is 1. The smallest absolute Gasteiger partial charge is 0.317 e. The van der Waals surface area contributed by atoms with Gasteiger partial charge in [0.15, 0.2) is 0 Å². The van der Waals surface area contributed by atoms with E-state index in [-0.39, 0.29) is 11.9 Å². The summed E-state index contributed by atoms with van der Waals surface area (Å²) in [6, 6.07) is 8.05. The van der Waals surface area contributed by atoms with Crippen LogP contribution in [-0.4, -0.2) is 35.5 Å². The second-order valence-corrected chi connectivity index (χ2v) is 5.07. The van der Waals surface area contributed by atoms with Crippen molar-refractivity contribution in [3.05, 3.63) is 30.1 Å². The molecule has 5 nitrogen and oxygen atoms in total. The van der Waals surface area contributed by atoms with E-state index in [9.17, 15) is 4.79 Å². The molecular formula is C15H20N4O. The summed E-state index contributed by atoms with van der Waals surface area (Å²) in [4.78, 5) is 18.0. The number of nitrogens with one attached hydrogen (secondary N) is 1. The molecule has 1 aliphatic heterocycles. The number of urea groups is 1. The van der Waals surface area contributed by atoms with Gasteiger partial charge in [-0.05, 0) is 37.8 Å². The van der Waals surface area contributed by atoms with Gasteiger partial charge < -0.3 is 10.2 Å². The monoisotopic (exact) mass is 272 g/mol. The number of aryl methyl sites for hydroxylation is 1. The molecule has 1 atom stereocenters. The molecule has 2 heterocycles. The van der Waals surface area contributed by atoms with E-state index in [0.717, 1.165) is 37.9 Å². The molecule has 0 bridgehead atoms. The van der Waals surface area contributed by atoms with Crippen LogP contribution in [0.3, 0.4) is 0 Å². The largest absolute Gasteiger partial charge is 0.338 e. The maximum atomic E-state index is 12.0. The summed E-state index contributed by atoms with van der Waals surface area (Å²) >= 11 is 0. The zero-order valence-electron chi connectivity index (χ0n) is 11.6. The lowest BCUT2D eigenvalue weighted by Crippen LogP contribution is -2.45. The molecule has 0 spiro atoms. The highest BCUT2D eigenvalue weighted by Crippen LogP contribution is 2.15. The number of amides is 2. The Morgan fingerprint density at radius 2 is 2.45 bits per heavy atom. The standard InChI is InChI=1S/C15H20N4O/c16-11-13-5-4-10-19(12-13)15(20)18-9-3-7-14-6-1-2-8-17-14/h1-2,6,8,13H,3-5,7,9-10,12H2,(H,18,20)/t13-/m1/s1. The predicted molar refractivity (Wildman–Crippen MR) is 75.9 cm³/mol. The van der Waals surface area contributed by atoms with Crippen LogP contribution in [0.15, 0.2) is 24.4 Å². The van der Waals surface area contributed by atoms with Crippen molar-refractivity contribution in [1.82, 2.24) is 15.2 Å². The minimum Gasteiger partial charge on any atom is -0.338 e. The molecule has 1 aromatic heterocycles. The van der Waals surface area contributed by atoms with Crippen LogP contribution in [0.2, 0.25) is 0 Å². The number of nitrogens with zero attached hydrogens (tertiary/aromatic N) is 3. The van der Waals surface area contributed by atoms with Crippen molar-refractivity contribution in [3.63, 3.8) is 0 Å². The number of carbonyl (C=O) groups is 1. The van der Waals surface area contributed by atoms with Crippen LogP contribution in [-0.2, 0) is 6.42 Å². The molecule has 1 N–H and O–H groups in total. The van der Waals surface area contributed by atoms with Crippen molar-refractivity contribution in [2.24, 2.45) is 5.92 Å². The highest BCUT2D eigenvalue weighted by Gasteiger charge is 2.22. The molecule has 0 saturated carbocycles. The maximum absolute atomic E-state index is 12.0. The van der Waals surface area contributed by atoms with E-state index >= 15 is 0 Å². The Bertz CT molecular complexity index is 469. The van der Waals surface area contributed by atoms with Gasteiger partial charge in [0, 0.05) is 31.5 Å². The van der Waals surface area contributed by atoms with Crippen molar-refractivity contribution in [1.29, 1.82) is 5.26 Å². The molecule has 1 aliphatic rings. The first-order chi connectivity index (χ1) is 9.79. The minimum absolute atomic E-state index is 0.0111. The van der Waals surface area contributed by atoms with E-state index in [1.165, 1.54) is 0 Å². The molecule has 2 amide bonds. The van der Waals surface area contributed by atoms with Crippen molar-refractivity contribution in [2.75, 3.05) is 19.6 Å². The van der Waals surface area contributed by atoms with Gasteiger partial charge in [-0.2, -0.15) is 5.26 Å². The van der Waals surface area contributed by atoms with E-state index < -0.39 is 0 Å². The number of hydrogen-bond donors (Lipinski definition) is 1. The van der Waals surface area contributed by atoms with E-state index in [1.807, 2.05) is 18.2 Å². The molecule has 106 valence electrons. The van der Waals surface area contributed by atoms with Crippen molar-refractivity contribution in [3.8, 4) is 6.07 Å². The quantitative estimate of drug-likeness (QED) is 0.852. The van der Waals surface area contributed by atoms with Crippen LogP contribution in [0.5, 0.6) is 0 Å². The molecule has 0 radical (unpaired) electrons. The molecule has 2 rings (SSSR count). The van der Waals surface area contributed by atoms with Gasteiger partial charge in [0.1, 0.15) is 0 Å². The molecule has 0 unspecified atom stereocenters. The Kier molecular flexibility index (Phi) is 5.36. The number of aromatic nitrogens is 1. The van der Waals surface area contributed by atoms with Gasteiger partial charge in [-0.3, -0.25) is 4.98 Å². The third-order valence-electron chi connectivity index (χ3n) is 3.50. The third kappa shape index (κ3) is 4.23. The van der Waals surface area contributed by atoms with Crippen molar-refractivity contribution >= 4 is 6.03 Å². The van der Waals surface area contributed by atoms with Gasteiger partial charge in [0.05, 0.1) is 12.0 Å². The Balaban J connectivity index is 1.66. The van der Waals surface area contributed by atoms with Crippen LogP contribution in [0.25, 0.3) is 0 Å². The summed E-state index contributed by atoms with van der Waals surface area (Å²) in [5, 5.41) is 11.8. The SMILES string of the molecule is N#C[C@H]1CCCN(C(=O)NCCCc2ccccn2)C1. The van der Waals surface area contributed by atoms with E-state index in [1.54, 1.807) is 11.1 Å². The van der Waals surface area contributed by atoms with E-state index in [0.29, 0.717) is 13.1 Å². The topological polar surface area (TPSA) is 69.0 Å². The van der Waals surface area contributed by atoms with Crippen LogP contribution < -0.4 is 5.32 Å². The molecule has 20 heavy (non-hydrogen) atoms. The molecular weight excluding hydrogens is 252 g/mol. The van der Waals surface area contributed by atoms with Crippen LogP contribution in [0, 0.1) is 17.2 Å². The molecule has 0 aromatic carbocycles. The minimum atomic E-state index is -0.0500. The van der Waals surface area contributed by atoms with Crippen molar-refractivity contribution < 1.29 is 4.79 Å². The van der Waals surface area contributed by atoms with Gasteiger partial charge >= 0.3 is 6.03 Å². The average molecular weight is 272 g/mol. The van der Waals surface area contributed by atoms with E-state index in [4.69, 9.17) is 5.26 Å². The lowest BCUT2D eigenvalue weighted by atomic mass is 10.0. The highest BCUT2D eigenvalue weighted by atomic mass is 16.2. The normalized spacial score (nSPS) is 18.4. The molecule has 1 aromatic rings. The number of likely N-dealkylation sites (tertiary alicyclic amines) is 1. The number of piperidine rings is 1. The fourth-order valence-corrected chi connectivity index (χ4v) is 2.39. The first-order valence-corrected chi connectivity index (χ1v) is 7.12. The number of rotatable bonds is 4. The zero-order valence-corrected chi connectivity index (χ0v) is 11.6. The van der Waals surface area contributed by atoms with Gasteiger partial charge in [0.25, 0.3) is 0 Å². The zero-order chi connectivity index (χ0) is 14.2. The summed E-state index contributed by atoms with van der Waals surface area (Å²) in [7, 11) is 0. The average Bonchev–Trinajstić information content (AvgIpc) is 2.52. The second-order valence-electron chi connectivity index (χ2n) is 5.07. The Labute approximate surface area is 119 Å². The molecule has 5 heteroatoms. The lowest BCUT2D eigenvalue weighted by molar-refractivity contribution is 0.176. The first kappa shape index (κ1) is 14.3. The van der Waals surface area contributed by atoms with Crippen LogP contribution in [0.4, 0.5) is 4.79 Å². The fourth-order valence-electron chi connectivity index (χ4n) is 2.39. The fraction of sp³-hybridized carbons (Fsp3) is 0.533.